The summed E-state index contributed by atoms with van der Waals surface area (Å²) >= 11 is 3.20. The SMILES string of the molecule is O=C(CBr)N(Cc1cccc(O)c1)C1CC1. The Morgan fingerprint density at radius 2 is 2.25 bits per heavy atom. The number of halogens is 1. The maximum Gasteiger partial charge on any atom is 0.233 e. The fourth-order valence-corrected chi connectivity index (χ4v) is 2.06. The Kier molecular flexibility index (Phi) is 3.49. The topological polar surface area (TPSA) is 40.5 Å². The quantitative estimate of drug-likeness (QED) is 0.862. The normalized spacial score (nSPS) is 14.8. The van der Waals surface area contributed by atoms with E-state index in [1.54, 1.807) is 18.2 Å². The molecule has 0 atom stereocenters. The van der Waals surface area contributed by atoms with Crippen molar-refractivity contribution in [2.75, 3.05) is 5.33 Å². The van der Waals surface area contributed by atoms with Crippen LogP contribution >= 0.6 is 15.9 Å². The molecule has 1 amide bonds. The third-order valence-electron chi connectivity index (χ3n) is 2.69. The van der Waals surface area contributed by atoms with Crippen molar-refractivity contribution < 1.29 is 9.90 Å². The van der Waals surface area contributed by atoms with Gasteiger partial charge in [0.25, 0.3) is 0 Å². The molecule has 1 fully saturated rings. The lowest BCUT2D eigenvalue weighted by molar-refractivity contribution is -0.129. The van der Waals surface area contributed by atoms with Gasteiger partial charge in [0.2, 0.25) is 5.91 Å². The molecule has 4 heteroatoms. The summed E-state index contributed by atoms with van der Waals surface area (Å²) in [7, 11) is 0. The molecule has 0 radical (unpaired) electrons. The Morgan fingerprint density at radius 1 is 1.50 bits per heavy atom. The van der Waals surface area contributed by atoms with Gasteiger partial charge in [0, 0.05) is 12.6 Å². The van der Waals surface area contributed by atoms with Crippen molar-refractivity contribution in [2.24, 2.45) is 0 Å². The molecule has 1 aliphatic carbocycles. The number of phenols is 1. The Morgan fingerprint density at radius 3 is 2.81 bits per heavy atom. The zero-order valence-corrected chi connectivity index (χ0v) is 10.5. The number of carbonyl (C=O) groups excluding carboxylic acids is 1. The molecule has 86 valence electrons. The summed E-state index contributed by atoms with van der Waals surface area (Å²) in [6, 6.07) is 7.46. The minimum absolute atomic E-state index is 0.117. The van der Waals surface area contributed by atoms with Gasteiger partial charge in [-0.05, 0) is 30.5 Å². The first kappa shape index (κ1) is 11.5. The van der Waals surface area contributed by atoms with Crippen molar-refractivity contribution in [1.82, 2.24) is 4.90 Å². The molecule has 1 aromatic carbocycles. The molecular weight excluding hydrogens is 270 g/mol. The van der Waals surface area contributed by atoms with Crippen LogP contribution in [0.2, 0.25) is 0 Å². The molecule has 0 spiro atoms. The number of alkyl halides is 1. The number of amides is 1. The lowest BCUT2D eigenvalue weighted by Crippen LogP contribution is -2.33. The van der Waals surface area contributed by atoms with Gasteiger partial charge >= 0.3 is 0 Å². The van der Waals surface area contributed by atoms with Gasteiger partial charge in [-0.2, -0.15) is 0 Å². The van der Waals surface area contributed by atoms with Crippen LogP contribution in [0.1, 0.15) is 18.4 Å². The molecular formula is C12H14BrNO2. The smallest absolute Gasteiger partial charge is 0.233 e. The summed E-state index contributed by atoms with van der Waals surface area (Å²) in [6.45, 7) is 0.587. The van der Waals surface area contributed by atoms with E-state index in [0.717, 1.165) is 18.4 Å². The van der Waals surface area contributed by atoms with E-state index < -0.39 is 0 Å². The number of carbonyl (C=O) groups is 1. The highest BCUT2D eigenvalue weighted by atomic mass is 79.9. The Balaban J connectivity index is 2.08. The van der Waals surface area contributed by atoms with Gasteiger partial charge in [0.1, 0.15) is 5.75 Å². The van der Waals surface area contributed by atoms with Crippen molar-refractivity contribution >= 4 is 21.8 Å². The lowest BCUT2D eigenvalue weighted by Gasteiger charge is -2.21. The minimum Gasteiger partial charge on any atom is -0.508 e. The van der Waals surface area contributed by atoms with Crippen molar-refractivity contribution in [1.29, 1.82) is 0 Å². The van der Waals surface area contributed by atoms with Crippen LogP contribution in [0.4, 0.5) is 0 Å². The second-order valence-electron chi connectivity index (χ2n) is 4.06. The Bertz CT molecular complexity index is 390. The average Bonchev–Trinajstić information content (AvgIpc) is 3.09. The first-order valence-corrected chi connectivity index (χ1v) is 6.46. The molecule has 0 saturated heterocycles. The van der Waals surface area contributed by atoms with E-state index in [2.05, 4.69) is 15.9 Å². The third kappa shape index (κ3) is 2.76. The molecule has 2 rings (SSSR count). The average molecular weight is 284 g/mol. The van der Waals surface area contributed by atoms with Crippen molar-refractivity contribution in [2.45, 2.75) is 25.4 Å². The molecule has 1 saturated carbocycles. The van der Waals surface area contributed by atoms with Crippen molar-refractivity contribution in [3.8, 4) is 5.75 Å². The van der Waals surface area contributed by atoms with Gasteiger partial charge in [0.15, 0.2) is 0 Å². The summed E-state index contributed by atoms with van der Waals surface area (Å²) < 4.78 is 0. The second-order valence-corrected chi connectivity index (χ2v) is 4.62. The van der Waals surface area contributed by atoms with Crippen molar-refractivity contribution in [3.63, 3.8) is 0 Å². The highest BCUT2D eigenvalue weighted by Gasteiger charge is 2.31. The molecule has 0 heterocycles. The maximum absolute atomic E-state index is 11.7. The maximum atomic E-state index is 11.7. The van der Waals surface area contributed by atoms with Gasteiger partial charge in [-0.1, -0.05) is 28.1 Å². The Labute approximate surface area is 103 Å². The van der Waals surface area contributed by atoms with Gasteiger partial charge < -0.3 is 10.0 Å². The number of rotatable bonds is 4. The fraction of sp³-hybridized carbons (Fsp3) is 0.417. The molecule has 1 aliphatic rings. The van der Waals surface area contributed by atoms with Crippen LogP contribution in [-0.2, 0) is 11.3 Å². The van der Waals surface area contributed by atoms with Gasteiger partial charge in [0.05, 0.1) is 5.33 Å². The zero-order chi connectivity index (χ0) is 11.5. The van der Waals surface area contributed by atoms with E-state index in [0.29, 0.717) is 17.9 Å². The number of nitrogens with zero attached hydrogens (tertiary/aromatic N) is 1. The molecule has 1 aromatic rings. The van der Waals surface area contributed by atoms with E-state index in [1.807, 2.05) is 11.0 Å². The summed E-state index contributed by atoms with van der Waals surface area (Å²) in [5.41, 5.74) is 0.973. The number of phenolic OH excluding ortho intramolecular Hbond substituents is 1. The molecule has 16 heavy (non-hydrogen) atoms. The van der Waals surface area contributed by atoms with E-state index >= 15 is 0 Å². The molecule has 1 N–H and O–H groups in total. The molecule has 3 nitrogen and oxygen atoms in total. The number of benzene rings is 1. The predicted molar refractivity (Wildman–Crippen MR) is 65.5 cm³/mol. The van der Waals surface area contributed by atoms with E-state index in [-0.39, 0.29) is 11.7 Å². The minimum atomic E-state index is 0.117. The number of hydrogen-bond donors (Lipinski definition) is 1. The summed E-state index contributed by atoms with van der Waals surface area (Å²) in [5.74, 6) is 0.366. The second kappa shape index (κ2) is 4.87. The highest BCUT2D eigenvalue weighted by molar-refractivity contribution is 9.09. The first-order valence-electron chi connectivity index (χ1n) is 5.34. The molecule has 0 unspecified atom stereocenters. The highest BCUT2D eigenvalue weighted by Crippen LogP contribution is 2.29. The van der Waals surface area contributed by atoms with Crippen LogP contribution in [0.3, 0.4) is 0 Å². The van der Waals surface area contributed by atoms with Crippen LogP contribution in [0.5, 0.6) is 5.75 Å². The lowest BCUT2D eigenvalue weighted by atomic mass is 10.2. The standard InChI is InChI=1S/C12H14BrNO2/c13-7-12(16)14(10-4-5-10)8-9-2-1-3-11(15)6-9/h1-3,6,10,15H,4-5,7-8H2. The van der Waals surface area contributed by atoms with Gasteiger partial charge in [-0.25, -0.2) is 0 Å². The van der Waals surface area contributed by atoms with Gasteiger partial charge in [-0.15, -0.1) is 0 Å². The monoisotopic (exact) mass is 283 g/mol. The van der Waals surface area contributed by atoms with Crippen LogP contribution < -0.4 is 0 Å². The Hall–Kier alpha value is -1.03. The largest absolute Gasteiger partial charge is 0.508 e. The fourth-order valence-electron chi connectivity index (χ4n) is 1.74. The van der Waals surface area contributed by atoms with Crippen LogP contribution in [0, 0.1) is 0 Å². The van der Waals surface area contributed by atoms with Crippen LogP contribution in [0.25, 0.3) is 0 Å². The first-order chi connectivity index (χ1) is 7.70. The number of hydrogen-bond acceptors (Lipinski definition) is 2. The summed E-state index contributed by atoms with van der Waals surface area (Å²) in [5, 5.41) is 9.73. The van der Waals surface area contributed by atoms with E-state index in [1.165, 1.54) is 0 Å². The summed E-state index contributed by atoms with van der Waals surface area (Å²) in [4.78, 5) is 13.6. The number of aromatic hydroxyl groups is 1. The van der Waals surface area contributed by atoms with Crippen LogP contribution in [-0.4, -0.2) is 27.3 Å². The summed E-state index contributed by atoms with van der Waals surface area (Å²) in [6.07, 6.45) is 2.19. The third-order valence-corrected chi connectivity index (χ3v) is 3.17. The zero-order valence-electron chi connectivity index (χ0n) is 8.90. The predicted octanol–water partition coefficient (Wildman–Crippen LogP) is 2.28. The van der Waals surface area contributed by atoms with Gasteiger partial charge in [-0.3, -0.25) is 4.79 Å². The molecule has 0 aliphatic heterocycles. The molecule has 0 aromatic heterocycles. The van der Waals surface area contributed by atoms with Crippen molar-refractivity contribution in [3.05, 3.63) is 29.8 Å². The molecule has 0 bridgehead atoms. The van der Waals surface area contributed by atoms with E-state index in [9.17, 15) is 9.90 Å². The van der Waals surface area contributed by atoms with E-state index in [4.69, 9.17) is 0 Å². The van der Waals surface area contributed by atoms with Crippen LogP contribution in [0.15, 0.2) is 24.3 Å².